The maximum absolute atomic E-state index is 6.03. The molecule has 3 nitrogen and oxygen atoms in total. The Kier molecular flexibility index (Phi) is 4.75. The van der Waals surface area contributed by atoms with Gasteiger partial charge in [-0.25, -0.2) is 4.98 Å². The van der Waals surface area contributed by atoms with Crippen molar-refractivity contribution in [2.75, 3.05) is 12.4 Å². The van der Waals surface area contributed by atoms with E-state index in [2.05, 4.69) is 10.3 Å². The minimum atomic E-state index is 0.299. The van der Waals surface area contributed by atoms with Gasteiger partial charge in [0.15, 0.2) is 0 Å². The molecule has 1 aromatic carbocycles. The van der Waals surface area contributed by atoms with Crippen LogP contribution in [0.25, 0.3) is 0 Å². The normalized spacial score (nSPS) is 10.3. The van der Waals surface area contributed by atoms with Crippen LogP contribution in [0.15, 0.2) is 30.3 Å². The van der Waals surface area contributed by atoms with Crippen LogP contribution in [0.1, 0.15) is 5.69 Å². The van der Waals surface area contributed by atoms with Crippen LogP contribution in [-0.4, -0.2) is 12.0 Å². The third-order valence-electron chi connectivity index (χ3n) is 2.41. The first-order valence-corrected chi connectivity index (χ1v) is 6.64. The molecule has 100 valence electrons. The number of benzene rings is 1. The lowest BCUT2D eigenvalue weighted by molar-refractivity contribution is 0.302. The molecule has 0 saturated carbocycles. The Bertz CT molecular complexity index is 590. The average molecular weight is 318 g/mol. The zero-order chi connectivity index (χ0) is 13.8. The number of pyridine rings is 1. The molecule has 0 aliphatic heterocycles. The van der Waals surface area contributed by atoms with E-state index in [1.807, 2.05) is 25.2 Å². The van der Waals surface area contributed by atoms with E-state index >= 15 is 0 Å². The molecule has 1 aromatic heterocycles. The highest BCUT2D eigenvalue weighted by Crippen LogP contribution is 2.34. The van der Waals surface area contributed by atoms with Crippen molar-refractivity contribution < 1.29 is 4.74 Å². The van der Waals surface area contributed by atoms with Crippen molar-refractivity contribution in [1.82, 2.24) is 4.98 Å². The van der Waals surface area contributed by atoms with Crippen LogP contribution in [0.2, 0.25) is 15.1 Å². The number of rotatable bonds is 4. The number of anilines is 1. The molecule has 0 amide bonds. The van der Waals surface area contributed by atoms with Gasteiger partial charge in [0.25, 0.3) is 0 Å². The number of nitrogens with one attached hydrogen (secondary N) is 1. The number of ether oxygens (including phenoxy) is 1. The molecule has 0 spiro atoms. The number of hydrogen-bond acceptors (Lipinski definition) is 3. The number of nitrogens with zero attached hydrogens (tertiary/aromatic N) is 1. The Morgan fingerprint density at radius 3 is 2.58 bits per heavy atom. The number of hydrogen-bond donors (Lipinski definition) is 1. The van der Waals surface area contributed by atoms with Crippen LogP contribution < -0.4 is 10.1 Å². The standard InChI is InChI=1S/C13H11Cl3N2O/c1-17-13-4-2-3-8(18-13)7-19-12-6-10(15)9(14)5-11(12)16/h2-6H,7H2,1H3,(H,17,18). The molecular weight excluding hydrogens is 307 g/mol. The van der Waals surface area contributed by atoms with Crippen molar-refractivity contribution in [3.05, 3.63) is 51.1 Å². The lowest BCUT2D eigenvalue weighted by Crippen LogP contribution is -2.01. The van der Waals surface area contributed by atoms with Gasteiger partial charge < -0.3 is 10.1 Å². The molecule has 1 N–H and O–H groups in total. The SMILES string of the molecule is CNc1cccc(COc2cc(Cl)c(Cl)cc2Cl)n1. The molecule has 19 heavy (non-hydrogen) atoms. The summed E-state index contributed by atoms with van der Waals surface area (Å²) < 4.78 is 5.59. The predicted molar refractivity (Wildman–Crippen MR) is 79.6 cm³/mol. The summed E-state index contributed by atoms with van der Waals surface area (Å²) in [7, 11) is 1.81. The van der Waals surface area contributed by atoms with Gasteiger partial charge in [0.2, 0.25) is 0 Å². The first-order chi connectivity index (χ1) is 9.10. The Morgan fingerprint density at radius 2 is 1.84 bits per heavy atom. The quantitative estimate of drug-likeness (QED) is 0.833. The van der Waals surface area contributed by atoms with Gasteiger partial charge in [-0.3, -0.25) is 0 Å². The predicted octanol–water partition coefficient (Wildman–Crippen LogP) is 4.66. The maximum atomic E-state index is 6.03. The maximum Gasteiger partial charge on any atom is 0.140 e. The smallest absolute Gasteiger partial charge is 0.140 e. The second kappa shape index (κ2) is 6.33. The van der Waals surface area contributed by atoms with Gasteiger partial charge in [-0.15, -0.1) is 0 Å². The van der Waals surface area contributed by atoms with Crippen molar-refractivity contribution in [3.8, 4) is 5.75 Å². The van der Waals surface area contributed by atoms with Crippen LogP contribution in [0.4, 0.5) is 5.82 Å². The topological polar surface area (TPSA) is 34.1 Å². The minimum absolute atomic E-state index is 0.299. The van der Waals surface area contributed by atoms with Crippen LogP contribution in [-0.2, 0) is 6.61 Å². The van der Waals surface area contributed by atoms with Gasteiger partial charge in [0.1, 0.15) is 18.2 Å². The largest absolute Gasteiger partial charge is 0.486 e. The molecular formula is C13H11Cl3N2O. The zero-order valence-electron chi connectivity index (χ0n) is 10.1. The highest BCUT2D eigenvalue weighted by atomic mass is 35.5. The Labute approximate surface area is 126 Å². The Morgan fingerprint density at radius 1 is 1.11 bits per heavy atom. The molecule has 0 fully saturated rings. The lowest BCUT2D eigenvalue weighted by Gasteiger charge is -2.09. The highest BCUT2D eigenvalue weighted by Gasteiger charge is 2.07. The second-order valence-corrected chi connectivity index (χ2v) is 4.97. The van der Waals surface area contributed by atoms with E-state index in [-0.39, 0.29) is 0 Å². The second-order valence-electron chi connectivity index (χ2n) is 3.75. The van der Waals surface area contributed by atoms with E-state index < -0.39 is 0 Å². The molecule has 0 bridgehead atoms. The van der Waals surface area contributed by atoms with Gasteiger partial charge in [-0.05, 0) is 18.2 Å². The van der Waals surface area contributed by atoms with Gasteiger partial charge in [0, 0.05) is 13.1 Å². The molecule has 0 atom stereocenters. The molecule has 0 aliphatic rings. The fraction of sp³-hybridized carbons (Fsp3) is 0.154. The van der Waals surface area contributed by atoms with E-state index in [0.29, 0.717) is 27.4 Å². The minimum Gasteiger partial charge on any atom is -0.486 e. The molecule has 0 aliphatic carbocycles. The van der Waals surface area contributed by atoms with Gasteiger partial charge in [-0.1, -0.05) is 40.9 Å². The van der Waals surface area contributed by atoms with E-state index in [0.717, 1.165) is 11.5 Å². The van der Waals surface area contributed by atoms with Crippen molar-refractivity contribution >= 4 is 40.6 Å². The van der Waals surface area contributed by atoms with E-state index in [1.54, 1.807) is 12.1 Å². The highest BCUT2D eigenvalue weighted by molar-refractivity contribution is 6.43. The summed E-state index contributed by atoms with van der Waals surface area (Å²) in [5.74, 6) is 1.26. The first-order valence-electron chi connectivity index (χ1n) is 5.51. The van der Waals surface area contributed by atoms with Crippen LogP contribution in [0.5, 0.6) is 5.75 Å². The molecule has 1 heterocycles. The van der Waals surface area contributed by atoms with E-state index in [1.165, 1.54) is 0 Å². The molecule has 2 rings (SSSR count). The third-order valence-corrected chi connectivity index (χ3v) is 3.43. The summed E-state index contributed by atoms with van der Waals surface area (Å²) in [4.78, 5) is 4.34. The average Bonchev–Trinajstić information content (AvgIpc) is 2.41. The molecule has 0 unspecified atom stereocenters. The fourth-order valence-electron chi connectivity index (χ4n) is 1.47. The summed E-state index contributed by atoms with van der Waals surface area (Å²) in [5.41, 5.74) is 0.786. The van der Waals surface area contributed by atoms with Crippen molar-refractivity contribution in [2.45, 2.75) is 6.61 Å². The summed E-state index contributed by atoms with van der Waals surface area (Å²) in [5, 5.41) is 4.18. The van der Waals surface area contributed by atoms with Crippen molar-refractivity contribution in [2.24, 2.45) is 0 Å². The van der Waals surface area contributed by atoms with Crippen LogP contribution in [0, 0.1) is 0 Å². The number of aromatic nitrogens is 1. The Hall–Kier alpha value is -1.16. The van der Waals surface area contributed by atoms with Crippen molar-refractivity contribution in [1.29, 1.82) is 0 Å². The monoisotopic (exact) mass is 316 g/mol. The van der Waals surface area contributed by atoms with E-state index in [4.69, 9.17) is 39.5 Å². The third kappa shape index (κ3) is 3.66. The van der Waals surface area contributed by atoms with Crippen molar-refractivity contribution in [3.63, 3.8) is 0 Å². The summed E-state index contributed by atoms with van der Waals surface area (Å²) in [6, 6.07) is 8.78. The molecule has 0 radical (unpaired) electrons. The van der Waals surface area contributed by atoms with E-state index in [9.17, 15) is 0 Å². The van der Waals surface area contributed by atoms with Gasteiger partial charge in [0.05, 0.1) is 20.8 Å². The lowest BCUT2D eigenvalue weighted by atomic mass is 10.3. The van der Waals surface area contributed by atoms with Gasteiger partial charge in [-0.2, -0.15) is 0 Å². The summed E-state index contributed by atoms with van der Waals surface area (Å²) >= 11 is 17.8. The molecule has 6 heteroatoms. The summed E-state index contributed by atoms with van der Waals surface area (Å²) in [6.45, 7) is 0.299. The molecule has 0 saturated heterocycles. The fourth-order valence-corrected chi connectivity index (χ4v) is 2.06. The number of halogens is 3. The van der Waals surface area contributed by atoms with Gasteiger partial charge >= 0.3 is 0 Å². The zero-order valence-corrected chi connectivity index (χ0v) is 12.4. The first kappa shape index (κ1) is 14.3. The van der Waals surface area contributed by atoms with Crippen LogP contribution in [0.3, 0.4) is 0 Å². The van der Waals surface area contributed by atoms with Crippen LogP contribution >= 0.6 is 34.8 Å². The summed E-state index contributed by atoms with van der Waals surface area (Å²) in [6.07, 6.45) is 0. The Balaban J connectivity index is 2.12. The molecule has 2 aromatic rings.